The van der Waals surface area contributed by atoms with Crippen LogP contribution in [-0.2, 0) is 18.6 Å². The molecule has 0 unspecified atom stereocenters. The van der Waals surface area contributed by atoms with Crippen molar-refractivity contribution in [2.45, 2.75) is 77.8 Å². The van der Waals surface area contributed by atoms with Gasteiger partial charge in [-0.2, -0.15) is 0 Å². The molecule has 0 aliphatic carbocycles. The predicted octanol–water partition coefficient (Wildman–Crippen LogP) is 3.33. The molecule has 9 heteroatoms. The van der Waals surface area contributed by atoms with Gasteiger partial charge in [0.25, 0.3) is 0 Å². The summed E-state index contributed by atoms with van der Waals surface area (Å²) in [6, 6.07) is 10.3. The molecule has 0 saturated carbocycles. The molecule has 0 bridgehead atoms. The van der Waals surface area contributed by atoms with Crippen molar-refractivity contribution in [2.75, 3.05) is 0 Å². The maximum absolute atomic E-state index is 6.41. The van der Waals surface area contributed by atoms with Crippen molar-refractivity contribution in [1.29, 1.82) is 0 Å². The Morgan fingerprint density at radius 1 is 0.595 bits per heavy atom. The van der Waals surface area contributed by atoms with E-state index in [0.29, 0.717) is 0 Å². The fraction of sp³-hybridized carbons (Fsp3) is 0.429. The van der Waals surface area contributed by atoms with Crippen molar-refractivity contribution in [3.05, 3.63) is 42.7 Å². The summed E-state index contributed by atoms with van der Waals surface area (Å²) >= 11 is 0. The standard InChI is InChI=1S/C28H31B2N2O4Si/c1-25(2)26(3,4)34-29(33-25)19-11-13-31-23-16(19)9-10-17-21(37)15-18-20(12-14-32-24(18)22(17)23)30-35-27(5,6)28(7,8)36-30/h9-15H,1-8H3. The molecule has 0 atom stereocenters. The molecule has 2 fully saturated rings. The largest absolute Gasteiger partial charge is 0.495 e. The minimum atomic E-state index is -0.498. The zero-order valence-electron chi connectivity index (χ0n) is 22.7. The summed E-state index contributed by atoms with van der Waals surface area (Å²) in [6.07, 6.45) is 3.65. The first kappa shape index (κ1) is 25.0. The van der Waals surface area contributed by atoms with Gasteiger partial charge in [0.2, 0.25) is 0 Å². The highest BCUT2D eigenvalue weighted by Crippen LogP contribution is 2.39. The Morgan fingerprint density at radius 3 is 1.49 bits per heavy atom. The normalized spacial score (nSPS) is 22.0. The Bertz CT molecular complexity index is 1540. The van der Waals surface area contributed by atoms with Gasteiger partial charge in [0.15, 0.2) is 0 Å². The predicted molar refractivity (Wildman–Crippen MR) is 151 cm³/mol. The van der Waals surface area contributed by atoms with Gasteiger partial charge in [0.1, 0.15) is 0 Å². The highest BCUT2D eigenvalue weighted by atomic mass is 28.1. The van der Waals surface area contributed by atoms with Gasteiger partial charge in [-0.1, -0.05) is 23.4 Å². The number of pyridine rings is 2. The Kier molecular flexibility index (Phi) is 5.32. The Morgan fingerprint density at radius 2 is 1.00 bits per heavy atom. The van der Waals surface area contributed by atoms with Crippen LogP contribution in [0.5, 0.6) is 0 Å². The molecule has 2 aromatic heterocycles. The van der Waals surface area contributed by atoms with Crippen LogP contribution >= 0.6 is 0 Å². The van der Waals surface area contributed by atoms with Crippen LogP contribution in [0, 0.1) is 0 Å². The average Bonchev–Trinajstić information content (AvgIpc) is 3.17. The summed E-state index contributed by atoms with van der Waals surface area (Å²) in [5.41, 5.74) is 1.88. The second-order valence-corrected chi connectivity index (χ2v) is 12.7. The smallest absolute Gasteiger partial charge is 0.399 e. The van der Waals surface area contributed by atoms with E-state index >= 15 is 0 Å². The van der Waals surface area contributed by atoms with Gasteiger partial charge in [-0.05, 0) is 83.8 Å². The Labute approximate surface area is 222 Å². The highest BCUT2D eigenvalue weighted by Gasteiger charge is 2.53. The van der Waals surface area contributed by atoms with Crippen LogP contribution in [0.15, 0.2) is 42.7 Å². The first-order valence-corrected chi connectivity index (χ1v) is 13.3. The minimum absolute atomic E-state index is 0.432. The molecule has 187 valence electrons. The third kappa shape index (κ3) is 3.62. The molecular formula is C28H31B2N2O4Si. The highest BCUT2D eigenvalue weighted by molar-refractivity contribution is 6.66. The SMILES string of the molecule is CC1(C)OB(c2ccnc3c2ccc2c([Si])cc4c(B5OC(C)(C)C(C)(C)O5)ccnc4c23)OC1(C)C. The van der Waals surface area contributed by atoms with Crippen molar-refractivity contribution in [3.63, 3.8) is 0 Å². The second kappa shape index (κ2) is 7.87. The van der Waals surface area contributed by atoms with Crippen LogP contribution in [0.3, 0.4) is 0 Å². The van der Waals surface area contributed by atoms with Crippen molar-refractivity contribution < 1.29 is 18.6 Å². The number of nitrogens with zero attached hydrogens (tertiary/aromatic N) is 2. The average molecular weight is 509 g/mol. The van der Waals surface area contributed by atoms with E-state index in [1.165, 1.54) is 0 Å². The number of hydrogen-bond acceptors (Lipinski definition) is 6. The van der Waals surface area contributed by atoms with Gasteiger partial charge >= 0.3 is 14.2 Å². The number of aromatic nitrogens is 2. The Hall–Kier alpha value is -2.29. The number of benzene rings is 2. The summed E-state index contributed by atoms with van der Waals surface area (Å²) < 4.78 is 25.6. The molecule has 0 amide bonds. The van der Waals surface area contributed by atoms with E-state index in [0.717, 1.165) is 48.7 Å². The first-order valence-electron chi connectivity index (χ1n) is 12.8. The van der Waals surface area contributed by atoms with Crippen LogP contribution in [0.1, 0.15) is 55.4 Å². The monoisotopic (exact) mass is 509 g/mol. The van der Waals surface area contributed by atoms with Gasteiger partial charge in [0, 0.05) is 28.6 Å². The van der Waals surface area contributed by atoms with E-state index in [9.17, 15) is 0 Å². The van der Waals surface area contributed by atoms with Crippen LogP contribution in [0.2, 0.25) is 0 Å². The second-order valence-electron chi connectivity index (χ2n) is 12.2. The summed E-state index contributed by atoms with van der Waals surface area (Å²) in [6.45, 7) is 16.5. The van der Waals surface area contributed by atoms with Crippen LogP contribution in [-0.4, -0.2) is 56.9 Å². The molecule has 3 radical (unpaired) electrons. The lowest BCUT2D eigenvalue weighted by atomic mass is 9.75. The molecule has 4 aromatic rings. The molecular weight excluding hydrogens is 478 g/mol. The quantitative estimate of drug-likeness (QED) is 0.305. The van der Waals surface area contributed by atoms with Gasteiger partial charge in [0.05, 0.1) is 43.7 Å². The van der Waals surface area contributed by atoms with Crippen molar-refractivity contribution in [1.82, 2.24) is 9.97 Å². The molecule has 2 aliphatic heterocycles. The number of hydrogen-bond donors (Lipinski definition) is 0. The van der Waals surface area contributed by atoms with Crippen LogP contribution in [0.4, 0.5) is 0 Å². The van der Waals surface area contributed by atoms with E-state index in [1.807, 2.05) is 24.5 Å². The lowest BCUT2D eigenvalue weighted by molar-refractivity contribution is 0.00578. The molecule has 2 aromatic carbocycles. The zero-order chi connectivity index (χ0) is 26.5. The van der Waals surface area contributed by atoms with Gasteiger partial charge in [-0.3, -0.25) is 9.97 Å². The lowest BCUT2D eigenvalue weighted by Crippen LogP contribution is -2.41. The molecule has 2 saturated heterocycles. The third-order valence-corrected chi connectivity index (χ3v) is 9.21. The van der Waals surface area contributed by atoms with Crippen molar-refractivity contribution >= 4 is 73.2 Å². The van der Waals surface area contributed by atoms with Crippen LogP contribution in [0.25, 0.3) is 32.6 Å². The minimum Gasteiger partial charge on any atom is -0.399 e. The van der Waals surface area contributed by atoms with E-state index in [-0.39, 0.29) is 0 Å². The molecule has 0 spiro atoms. The topological polar surface area (TPSA) is 62.7 Å². The summed E-state index contributed by atoms with van der Waals surface area (Å²) in [7, 11) is 2.90. The lowest BCUT2D eigenvalue weighted by Gasteiger charge is -2.32. The van der Waals surface area contributed by atoms with E-state index in [1.54, 1.807) is 0 Å². The molecule has 2 aliphatic rings. The van der Waals surface area contributed by atoms with Crippen LogP contribution < -0.4 is 16.1 Å². The molecule has 4 heterocycles. The van der Waals surface area contributed by atoms with E-state index < -0.39 is 36.6 Å². The zero-order valence-corrected chi connectivity index (χ0v) is 23.7. The summed E-state index contributed by atoms with van der Waals surface area (Å²) in [5, 5.41) is 4.91. The van der Waals surface area contributed by atoms with Gasteiger partial charge in [-0.25, -0.2) is 0 Å². The fourth-order valence-electron chi connectivity index (χ4n) is 5.12. The summed E-state index contributed by atoms with van der Waals surface area (Å²) in [4.78, 5) is 9.69. The van der Waals surface area contributed by atoms with E-state index in [4.69, 9.17) is 28.6 Å². The van der Waals surface area contributed by atoms with Crippen molar-refractivity contribution in [2.24, 2.45) is 0 Å². The summed E-state index contributed by atoms with van der Waals surface area (Å²) in [5.74, 6) is 0. The molecule has 6 rings (SSSR count). The fourth-order valence-corrected chi connectivity index (χ4v) is 5.47. The Balaban J connectivity index is 1.58. The van der Waals surface area contributed by atoms with Gasteiger partial charge < -0.3 is 18.6 Å². The van der Waals surface area contributed by atoms with Crippen molar-refractivity contribution in [3.8, 4) is 0 Å². The molecule has 6 nitrogen and oxygen atoms in total. The maximum Gasteiger partial charge on any atom is 0.495 e. The molecule has 37 heavy (non-hydrogen) atoms. The van der Waals surface area contributed by atoms with Gasteiger partial charge in [-0.15, -0.1) is 0 Å². The van der Waals surface area contributed by atoms with E-state index in [2.05, 4.69) is 83.8 Å². The first-order chi connectivity index (χ1) is 17.2. The maximum atomic E-state index is 6.41. The molecule has 0 N–H and O–H groups in total. The number of fused-ring (bicyclic) bond motifs is 5. The third-order valence-electron chi connectivity index (χ3n) is 8.80. The number of rotatable bonds is 2.